The van der Waals surface area contributed by atoms with Gasteiger partial charge in [-0.3, -0.25) is 9.69 Å². The molecule has 2 aliphatic rings. The number of carbonyl (C=O) groups is 3. The molecule has 0 saturated carbocycles. The molecule has 0 radical (unpaired) electrons. The number of piperidine rings is 1. The molecule has 0 unspecified atom stereocenters. The molecule has 34 heavy (non-hydrogen) atoms. The third-order valence-corrected chi connectivity index (χ3v) is 5.70. The van der Waals surface area contributed by atoms with Gasteiger partial charge in [0.1, 0.15) is 5.60 Å². The Kier molecular flexibility index (Phi) is 10.8. The third kappa shape index (κ3) is 8.88. The van der Waals surface area contributed by atoms with E-state index >= 15 is 0 Å². The lowest BCUT2D eigenvalue weighted by molar-refractivity contribution is -0.139. The zero-order valence-electron chi connectivity index (χ0n) is 21.3. The first-order chi connectivity index (χ1) is 16.0. The lowest BCUT2D eigenvalue weighted by Gasteiger charge is -2.45. The molecular formula is C24H41N3O7. The Labute approximate surface area is 202 Å². The topological polar surface area (TPSA) is 115 Å². The van der Waals surface area contributed by atoms with Gasteiger partial charge in [-0.2, -0.15) is 0 Å². The molecule has 0 aromatic rings. The van der Waals surface area contributed by atoms with Gasteiger partial charge in [0.25, 0.3) is 0 Å². The summed E-state index contributed by atoms with van der Waals surface area (Å²) in [5, 5.41) is 5.88. The number of methoxy groups -OCH3 is 1. The Morgan fingerprint density at radius 2 is 1.91 bits per heavy atom. The van der Waals surface area contributed by atoms with E-state index < -0.39 is 29.7 Å². The van der Waals surface area contributed by atoms with Gasteiger partial charge in [-0.25, -0.2) is 9.59 Å². The zero-order chi connectivity index (χ0) is 25.3. The first-order valence-corrected chi connectivity index (χ1v) is 12.0. The molecule has 10 heteroatoms. The summed E-state index contributed by atoms with van der Waals surface area (Å²) < 4.78 is 21.8. The van der Waals surface area contributed by atoms with E-state index in [0.717, 1.165) is 19.4 Å². The van der Waals surface area contributed by atoms with E-state index in [1.54, 1.807) is 34.8 Å². The molecule has 2 amide bonds. The second-order valence-electron chi connectivity index (χ2n) is 9.71. The van der Waals surface area contributed by atoms with Gasteiger partial charge in [0.2, 0.25) is 5.91 Å². The Morgan fingerprint density at radius 1 is 1.18 bits per heavy atom. The number of nitrogens with zero attached hydrogens (tertiary/aromatic N) is 1. The number of hydrogen-bond donors (Lipinski definition) is 2. The average molecular weight is 484 g/mol. The second-order valence-corrected chi connectivity index (χ2v) is 9.71. The maximum atomic E-state index is 12.7. The molecule has 2 N–H and O–H groups in total. The number of ether oxygens (including phenoxy) is 4. The number of likely N-dealkylation sites (tertiary alicyclic amines) is 1. The predicted molar refractivity (Wildman–Crippen MR) is 126 cm³/mol. The highest BCUT2D eigenvalue weighted by Gasteiger charge is 2.41. The number of hydrogen-bond acceptors (Lipinski definition) is 8. The van der Waals surface area contributed by atoms with Crippen LogP contribution >= 0.6 is 0 Å². The number of esters is 1. The van der Waals surface area contributed by atoms with E-state index in [2.05, 4.69) is 15.5 Å². The molecule has 1 fully saturated rings. The Morgan fingerprint density at radius 3 is 2.53 bits per heavy atom. The first-order valence-electron chi connectivity index (χ1n) is 12.0. The summed E-state index contributed by atoms with van der Waals surface area (Å²) >= 11 is 0. The maximum Gasteiger partial charge on any atom is 0.407 e. The summed E-state index contributed by atoms with van der Waals surface area (Å²) in [6.07, 6.45) is 3.33. The minimum atomic E-state index is -0.679. The normalized spacial score (nSPS) is 25.8. The van der Waals surface area contributed by atoms with E-state index in [1.165, 1.54) is 6.92 Å². The number of alkyl carbamates (subject to hydrolysis) is 1. The van der Waals surface area contributed by atoms with Crippen LogP contribution in [0.5, 0.6) is 0 Å². The molecule has 0 aromatic carbocycles. The standard InChI is InChI=1S/C24H41N3O7/c1-7-32-22(29)17-13-19(26-23(30)34-24(3,4)5)21(25-16(2)28)20(14-17)27-10-8-9-18(15-27)33-12-11-31-6/h14,18-21H,7-13,15H2,1-6H3,(H,25,28)(H,26,30)/t18-,19-,20+,21+/m0/s1. The minimum absolute atomic E-state index is 0.0144. The molecule has 1 saturated heterocycles. The van der Waals surface area contributed by atoms with Gasteiger partial charge < -0.3 is 29.6 Å². The van der Waals surface area contributed by atoms with Crippen LogP contribution in [0, 0.1) is 0 Å². The van der Waals surface area contributed by atoms with E-state index in [4.69, 9.17) is 18.9 Å². The largest absolute Gasteiger partial charge is 0.463 e. The molecule has 10 nitrogen and oxygen atoms in total. The summed E-state index contributed by atoms with van der Waals surface area (Å²) in [6.45, 7) is 11.2. The van der Waals surface area contributed by atoms with Crippen LogP contribution in [0.25, 0.3) is 0 Å². The van der Waals surface area contributed by atoms with Crippen LogP contribution in [0.15, 0.2) is 11.6 Å². The van der Waals surface area contributed by atoms with Crippen molar-refractivity contribution >= 4 is 18.0 Å². The predicted octanol–water partition coefficient (Wildman–Crippen LogP) is 1.77. The first kappa shape index (κ1) is 28.1. The molecule has 1 heterocycles. The van der Waals surface area contributed by atoms with Crippen molar-refractivity contribution < 1.29 is 33.3 Å². The van der Waals surface area contributed by atoms with Gasteiger partial charge in [0.15, 0.2) is 0 Å². The van der Waals surface area contributed by atoms with Crippen LogP contribution in [0.4, 0.5) is 4.79 Å². The highest BCUT2D eigenvalue weighted by atomic mass is 16.6. The lowest BCUT2D eigenvalue weighted by Crippen LogP contribution is -2.64. The molecule has 2 rings (SSSR count). The second kappa shape index (κ2) is 13.1. The Balaban J connectivity index is 2.31. The SMILES string of the molecule is CCOC(=O)C1=C[C@@H](N2CCC[C@H](OCCOC)C2)[C@H](NC(C)=O)[C@@H](NC(=O)OC(C)(C)C)C1. The van der Waals surface area contributed by atoms with Crippen molar-refractivity contribution in [1.29, 1.82) is 0 Å². The Hall–Kier alpha value is -2.17. The fourth-order valence-corrected chi connectivity index (χ4v) is 4.38. The smallest absolute Gasteiger partial charge is 0.407 e. The highest BCUT2D eigenvalue weighted by molar-refractivity contribution is 5.89. The molecule has 0 bridgehead atoms. The molecular weight excluding hydrogens is 442 g/mol. The van der Waals surface area contributed by atoms with Crippen LogP contribution < -0.4 is 10.6 Å². The summed E-state index contributed by atoms with van der Waals surface area (Å²) in [6, 6.07) is -1.34. The third-order valence-electron chi connectivity index (χ3n) is 5.70. The van der Waals surface area contributed by atoms with Crippen molar-refractivity contribution in [3.63, 3.8) is 0 Å². The van der Waals surface area contributed by atoms with Gasteiger partial charge in [-0.05, 0) is 47.1 Å². The van der Waals surface area contributed by atoms with Crippen molar-refractivity contribution in [2.45, 2.75) is 83.7 Å². The molecule has 0 spiro atoms. The average Bonchev–Trinajstić information content (AvgIpc) is 2.73. The summed E-state index contributed by atoms with van der Waals surface area (Å²) in [7, 11) is 1.64. The summed E-state index contributed by atoms with van der Waals surface area (Å²) in [5.74, 6) is -0.640. The van der Waals surface area contributed by atoms with Gasteiger partial charge in [0, 0.05) is 32.6 Å². The fraction of sp³-hybridized carbons (Fsp3) is 0.792. The van der Waals surface area contributed by atoms with Crippen molar-refractivity contribution in [2.75, 3.05) is 40.0 Å². The minimum Gasteiger partial charge on any atom is -0.463 e. The van der Waals surface area contributed by atoms with Crippen LogP contribution in [-0.2, 0) is 28.5 Å². The molecule has 1 aliphatic carbocycles. The quantitative estimate of drug-likeness (QED) is 0.377. The van der Waals surface area contributed by atoms with Crippen LogP contribution in [0.3, 0.4) is 0 Å². The molecule has 1 aliphatic heterocycles. The van der Waals surface area contributed by atoms with E-state index in [-0.39, 0.29) is 31.1 Å². The molecule has 0 aromatic heterocycles. The van der Waals surface area contributed by atoms with Crippen molar-refractivity contribution in [1.82, 2.24) is 15.5 Å². The van der Waals surface area contributed by atoms with E-state index in [0.29, 0.717) is 25.3 Å². The number of carbonyl (C=O) groups excluding carboxylic acids is 3. The molecule has 194 valence electrons. The van der Waals surface area contributed by atoms with Gasteiger partial charge in [0.05, 0.1) is 44.1 Å². The van der Waals surface area contributed by atoms with Gasteiger partial charge >= 0.3 is 12.1 Å². The monoisotopic (exact) mass is 483 g/mol. The van der Waals surface area contributed by atoms with Crippen LogP contribution in [0.1, 0.15) is 53.9 Å². The zero-order valence-corrected chi connectivity index (χ0v) is 21.3. The van der Waals surface area contributed by atoms with E-state index in [9.17, 15) is 14.4 Å². The van der Waals surface area contributed by atoms with E-state index in [1.807, 2.05) is 6.08 Å². The highest BCUT2D eigenvalue weighted by Crippen LogP contribution is 2.28. The van der Waals surface area contributed by atoms with Crippen molar-refractivity contribution in [3.8, 4) is 0 Å². The van der Waals surface area contributed by atoms with Crippen LogP contribution in [-0.4, -0.2) is 92.7 Å². The lowest BCUT2D eigenvalue weighted by atomic mass is 9.84. The summed E-state index contributed by atoms with van der Waals surface area (Å²) in [4.78, 5) is 39.6. The number of nitrogens with one attached hydrogen (secondary N) is 2. The van der Waals surface area contributed by atoms with Crippen molar-refractivity contribution in [2.24, 2.45) is 0 Å². The van der Waals surface area contributed by atoms with Gasteiger partial charge in [-0.1, -0.05) is 6.08 Å². The Bertz CT molecular complexity index is 735. The maximum absolute atomic E-state index is 12.7. The van der Waals surface area contributed by atoms with Crippen molar-refractivity contribution in [3.05, 3.63) is 11.6 Å². The van der Waals surface area contributed by atoms with Gasteiger partial charge in [-0.15, -0.1) is 0 Å². The fourth-order valence-electron chi connectivity index (χ4n) is 4.38. The summed E-state index contributed by atoms with van der Waals surface area (Å²) in [5.41, 5.74) is -0.210. The number of rotatable bonds is 9. The van der Waals surface area contributed by atoms with Crippen LogP contribution in [0.2, 0.25) is 0 Å². The molecule has 4 atom stereocenters. The number of amides is 2.